The summed E-state index contributed by atoms with van der Waals surface area (Å²) >= 11 is 0. The van der Waals surface area contributed by atoms with Crippen molar-refractivity contribution in [1.29, 1.82) is 0 Å². The van der Waals surface area contributed by atoms with Gasteiger partial charge in [0.15, 0.2) is 0 Å². The zero-order valence-electron chi connectivity index (χ0n) is 16.3. The van der Waals surface area contributed by atoms with Gasteiger partial charge in [0.05, 0.1) is 17.9 Å². The van der Waals surface area contributed by atoms with Crippen LogP contribution in [-0.2, 0) is 4.74 Å². The fraction of sp³-hybridized carbons (Fsp3) is 0.783. The number of ether oxygens (including phenoxy) is 1. The molecule has 3 fully saturated rings. The molecule has 0 aromatic heterocycles. The van der Waals surface area contributed by atoms with Crippen LogP contribution < -0.4 is 0 Å². The minimum atomic E-state index is 0.0382. The molecule has 0 bridgehead atoms. The first-order chi connectivity index (χ1) is 12.6. The normalized spacial score (nSPS) is 51.2. The Labute approximate surface area is 157 Å². The van der Waals surface area contributed by atoms with Crippen LogP contribution in [-0.4, -0.2) is 23.1 Å². The molecule has 0 radical (unpaired) electrons. The minimum absolute atomic E-state index is 0.0382. The van der Waals surface area contributed by atoms with E-state index in [1.165, 1.54) is 44.9 Å². The molecule has 0 aromatic rings. The largest absolute Gasteiger partial charge is 0.411 e. The van der Waals surface area contributed by atoms with Crippen molar-refractivity contribution in [3.63, 3.8) is 0 Å². The third-order valence-electron chi connectivity index (χ3n) is 9.12. The van der Waals surface area contributed by atoms with Crippen LogP contribution in [0, 0.1) is 35.0 Å². The Balaban J connectivity index is 1.51. The molecule has 1 heterocycles. The van der Waals surface area contributed by atoms with Crippen molar-refractivity contribution >= 4 is 5.71 Å². The molecule has 3 heteroatoms. The number of oxime groups is 1. The van der Waals surface area contributed by atoms with E-state index in [-0.39, 0.29) is 5.60 Å². The van der Waals surface area contributed by atoms with Crippen LogP contribution in [0.15, 0.2) is 29.0 Å². The van der Waals surface area contributed by atoms with Crippen LogP contribution in [0.25, 0.3) is 0 Å². The number of hydrogen-bond acceptors (Lipinski definition) is 3. The fourth-order valence-corrected chi connectivity index (χ4v) is 8.22. The summed E-state index contributed by atoms with van der Waals surface area (Å²) in [4.78, 5) is 0. The van der Waals surface area contributed by atoms with E-state index in [9.17, 15) is 5.21 Å². The molecule has 7 atom stereocenters. The summed E-state index contributed by atoms with van der Waals surface area (Å²) in [5, 5.41) is 12.7. The summed E-state index contributed by atoms with van der Waals surface area (Å²) in [6.45, 7) is 5.72. The van der Waals surface area contributed by atoms with E-state index in [0.29, 0.717) is 5.41 Å². The highest BCUT2D eigenvalue weighted by Gasteiger charge is 2.65. The van der Waals surface area contributed by atoms with Gasteiger partial charge in [-0.05, 0) is 87.0 Å². The summed E-state index contributed by atoms with van der Waals surface area (Å²) < 4.78 is 6.45. The summed E-state index contributed by atoms with van der Waals surface area (Å²) in [7, 11) is 0. The van der Waals surface area contributed by atoms with Crippen LogP contribution in [0.2, 0.25) is 0 Å². The molecule has 0 aromatic carbocycles. The predicted molar refractivity (Wildman–Crippen MR) is 103 cm³/mol. The predicted octanol–water partition coefficient (Wildman–Crippen LogP) is 5.35. The highest BCUT2D eigenvalue weighted by atomic mass is 16.5. The molecular weight excluding hydrogens is 322 g/mol. The van der Waals surface area contributed by atoms with Crippen molar-refractivity contribution in [3.05, 3.63) is 23.8 Å². The molecule has 5 aliphatic rings. The standard InChI is InChI=1S/C23H33NO2/c1-3-22-10-7-19-18-6-5-17(24-25)14-16(18)13-15(2)21(19)20(22)8-11-23(22)9-4-12-26-23/h4,9,14-15,18-21,25H,3,5-8,10-13H2,1-2H3/b24-17+/t15-,18+,19?,20?,21?,22+,23+/m1/s1. The first kappa shape index (κ1) is 17.0. The van der Waals surface area contributed by atoms with Crippen LogP contribution in [0.5, 0.6) is 0 Å². The second kappa shape index (κ2) is 5.95. The van der Waals surface area contributed by atoms with Crippen molar-refractivity contribution in [2.45, 2.75) is 70.8 Å². The van der Waals surface area contributed by atoms with E-state index in [0.717, 1.165) is 48.3 Å². The molecule has 26 heavy (non-hydrogen) atoms. The van der Waals surface area contributed by atoms with Crippen molar-refractivity contribution in [2.75, 3.05) is 6.61 Å². The lowest BCUT2D eigenvalue weighted by atomic mass is 9.47. The molecule has 3 nitrogen and oxygen atoms in total. The molecule has 3 saturated carbocycles. The van der Waals surface area contributed by atoms with E-state index < -0.39 is 0 Å². The van der Waals surface area contributed by atoms with Crippen LogP contribution in [0.1, 0.15) is 65.2 Å². The molecule has 0 saturated heterocycles. The van der Waals surface area contributed by atoms with Crippen LogP contribution in [0.4, 0.5) is 0 Å². The van der Waals surface area contributed by atoms with Crippen LogP contribution >= 0.6 is 0 Å². The van der Waals surface area contributed by atoms with Gasteiger partial charge in [0.1, 0.15) is 0 Å². The lowest BCUT2D eigenvalue weighted by Crippen LogP contribution is -2.55. The lowest BCUT2D eigenvalue weighted by Gasteiger charge is -2.58. The average Bonchev–Trinajstić information content (AvgIpc) is 3.27. The summed E-state index contributed by atoms with van der Waals surface area (Å²) in [5.41, 5.74) is 2.87. The monoisotopic (exact) mass is 355 g/mol. The van der Waals surface area contributed by atoms with Gasteiger partial charge >= 0.3 is 0 Å². The van der Waals surface area contributed by atoms with E-state index in [4.69, 9.17) is 4.74 Å². The molecule has 5 rings (SSSR count). The van der Waals surface area contributed by atoms with E-state index in [1.54, 1.807) is 5.57 Å². The van der Waals surface area contributed by atoms with Gasteiger partial charge in [0.2, 0.25) is 0 Å². The maximum Gasteiger partial charge on any atom is 0.0926 e. The SMILES string of the molecule is CC[C@]12CCC3C(C1CC[C@@]21C=CCO1)[C@H](C)CC1=C/C(=N/O)CC[C@@H]13. The summed E-state index contributed by atoms with van der Waals surface area (Å²) in [6.07, 6.45) is 16.8. The highest BCUT2D eigenvalue weighted by molar-refractivity contribution is 5.96. The second-order valence-corrected chi connectivity index (χ2v) is 9.67. The quantitative estimate of drug-likeness (QED) is 0.391. The number of fused-ring (bicyclic) bond motifs is 6. The minimum Gasteiger partial charge on any atom is -0.411 e. The zero-order chi connectivity index (χ0) is 17.9. The Kier molecular flexibility index (Phi) is 3.90. The van der Waals surface area contributed by atoms with E-state index in [2.05, 4.69) is 37.2 Å². The van der Waals surface area contributed by atoms with Gasteiger partial charge in [0, 0.05) is 5.41 Å². The summed E-state index contributed by atoms with van der Waals surface area (Å²) in [5.74, 6) is 3.95. The maximum absolute atomic E-state index is 9.21. The maximum atomic E-state index is 9.21. The topological polar surface area (TPSA) is 41.8 Å². The third kappa shape index (κ3) is 2.07. The second-order valence-electron chi connectivity index (χ2n) is 9.67. The Bertz CT molecular complexity index is 680. The van der Waals surface area contributed by atoms with Gasteiger partial charge < -0.3 is 9.94 Å². The Morgan fingerprint density at radius 2 is 2.15 bits per heavy atom. The van der Waals surface area contributed by atoms with Gasteiger partial charge in [-0.15, -0.1) is 0 Å². The fourth-order valence-electron chi connectivity index (χ4n) is 8.22. The van der Waals surface area contributed by atoms with Gasteiger partial charge in [0.25, 0.3) is 0 Å². The molecule has 0 amide bonds. The molecule has 142 valence electrons. The molecule has 1 spiro atoms. The first-order valence-electron chi connectivity index (χ1n) is 10.9. The number of allylic oxidation sites excluding steroid dienone is 2. The average molecular weight is 356 g/mol. The number of hydrogen-bond donors (Lipinski definition) is 1. The Morgan fingerprint density at radius 3 is 2.88 bits per heavy atom. The first-order valence-corrected chi connectivity index (χ1v) is 10.9. The van der Waals surface area contributed by atoms with Gasteiger partial charge in [-0.2, -0.15) is 0 Å². The molecular formula is C23H33NO2. The van der Waals surface area contributed by atoms with Crippen molar-refractivity contribution < 1.29 is 9.94 Å². The number of nitrogens with zero attached hydrogens (tertiary/aromatic N) is 1. The molecule has 1 N–H and O–H groups in total. The molecule has 1 aliphatic heterocycles. The number of rotatable bonds is 1. The van der Waals surface area contributed by atoms with Crippen molar-refractivity contribution in [3.8, 4) is 0 Å². The van der Waals surface area contributed by atoms with Gasteiger partial charge in [-0.1, -0.05) is 36.7 Å². The Morgan fingerprint density at radius 1 is 1.27 bits per heavy atom. The van der Waals surface area contributed by atoms with Crippen molar-refractivity contribution in [2.24, 2.45) is 40.2 Å². The third-order valence-corrected chi connectivity index (χ3v) is 9.12. The highest BCUT2D eigenvalue weighted by Crippen LogP contribution is 2.68. The molecule has 4 aliphatic carbocycles. The van der Waals surface area contributed by atoms with Gasteiger partial charge in [-0.25, -0.2) is 0 Å². The van der Waals surface area contributed by atoms with E-state index in [1.807, 2.05) is 0 Å². The van der Waals surface area contributed by atoms with Crippen LogP contribution in [0.3, 0.4) is 0 Å². The molecule has 3 unspecified atom stereocenters. The Hall–Kier alpha value is -1.09. The van der Waals surface area contributed by atoms with Gasteiger partial charge in [-0.3, -0.25) is 0 Å². The lowest BCUT2D eigenvalue weighted by molar-refractivity contribution is -0.130. The zero-order valence-corrected chi connectivity index (χ0v) is 16.3. The smallest absolute Gasteiger partial charge is 0.0926 e. The van der Waals surface area contributed by atoms with E-state index >= 15 is 0 Å². The van der Waals surface area contributed by atoms with Crippen molar-refractivity contribution in [1.82, 2.24) is 0 Å². The summed E-state index contributed by atoms with van der Waals surface area (Å²) in [6, 6.07) is 0.